The summed E-state index contributed by atoms with van der Waals surface area (Å²) < 4.78 is 23.7. The molecule has 0 saturated heterocycles. The molecule has 0 aliphatic rings. The Labute approximate surface area is 421 Å². The first-order valence-electron chi connectivity index (χ1n) is 28.3. The number of aliphatic hydroxyl groups excluding tert-OH is 1. The van der Waals surface area contributed by atoms with Crippen LogP contribution in [0.4, 0.5) is 0 Å². The van der Waals surface area contributed by atoms with Crippen molar-refractivity contribution in [2.24, 2.45) is 0 Å². The highest BCUT2D eigenvalue weighted by molar-refractivity contribution is 7.47. The lowest BCUT2D eigenvalue weighted by Gasteiger charge is -2.25. The van der Waals surface area contributed by atoms with E-state index in [0.29, 0.717) is 17.4 Å². The molecule has 0 heterocycles. The van der Waals surface area contributed by atoms with Crippen LogP contribution in [-0.2, 0) is 18.4 Å². The fourth-order valence-electron chi connectivity index (χ4n) is 7.90. The summed E-state index contributed by atoms with van der Waals surface area (Å²) in [4.78, 5) is 23.3. The predicted octanol–water partition coefficient (Wildman–Crippen LogP) is 17.1. The number of nitrogens with zero attached hydrogens (tertiary/aromatic N) is 1. The summed E-state index contributed by atoms with van der Waals surface area (Å²) in [5.74, 6) is -0.194. The van der Waals surface area contributed by atoms with E-state index in [4.69, 9.17) is 9.05 Å². The van der Waals surface area contributed by atoms with Crippen molar-refractivity contribution in [1.29, 1.82) is 0 Å². The highest BCUT2D eigenvalue weighted by Crippen LogP contribution is 2.43. The molecule has 396 valence electrons. The van der Waals surface area contributed by atoms with Gasteiger partial charge in [-0.1, -0.05) is 228 Å². The molecule has 0 fully saturated rings. The number of hydrogen-bond acceptors (Lipinski definition) is 5. The number of rotatable bonds is 51. The van der Waals surface area contributed by atoms with Gasteiger partial charge in [0.25, 0.3) is 0 Å². The van der Waals surface area contributed by atoms with Crippen molar-refractivity contribution in [2.45, 2.75) is 257 Å². The third-order valence-electron chi connectivity index (χ3n) is 12.4. The summed E-state index contributed by atoms with van der Waals surface area (Å²) in [5, 5.41) is 13.9. The minimum atomic E-state index is -4.36. The number of unbranched alkanes of at least 4 members (excludes halogenated alkanes) is 28. The first-order valence-corrected chi connectivity index (χ1v) is 29.8. The number of nitrogens with one attached hydrogen (secondary N) is 1. The second-order valence-corrected chi connectivity index (χ2v) is 21.7. The molecule has 0 aliphatic carbocycles. The van der Waals surface area contributed by atoms with Crippen LogP contribution in [0.15, 0.2) is 72.9 Å². The Bertz CT molecular complexity index is 1330. The summed E-state index contributed by atoms with van der Waals surface area (Å²) >= 11 is 0. The molecule has 0 rings (SSSR count). The molecular weight excluding hydrogens is 864 g/mol. The number of allylic oxidation sites excluding steroid dienone is 11. The fraction of sp³-hybridized carbons (Fsp3) is 0.780. The second-order valence-electron chi connectivity index (χ2n) is 20.3. The number of carbonyl (C=O) groups excluding carboxylic acids is 1. The van der Waals surface area contributed by atoms with E-state index in [9.17, 15) is 19.4 Å². The summed E-state index contributed by atoms with van der Waals surface area (Å²) in [6, 6.07) is -0.874. The number of likely N-dealkylation sites (N-methyl/N-ethyl adjacent to an activating group) is 1. The molecule has 3 N–H and O–H groups in total. The van der Waals surface area contributed by atoms with Gasteiger partial charge >= 0.3 is 7.82 Å². The molecule has 8 nitrogen and oxygen atoms in total. The smallest absolute Gasteiger partial charge is 0.387 e. The van der Waals surface area contributed by atoms with Crippen LogP contribution >= 0.6 is 7.82 Å². The predicted molar refractivity (Wildman–Crippen MR) is 295 cm³/mol. The molecule has 0 radical (unpaired) electrons. The average molecular weight is 975 g/mol. The highest BCUT2D eigenvalue weighted by Gasteiger charge is 2.27. The van der Waals surface area contributed by atoms with Crippen LogP contribution < -0.4 is 5.32 Å². The third-order valence-corrected chi connectivity index (χ3v) is 13.4. The minimum Gasteiger partial charge on any atom is -0.387 e. The van der Waals surface area contributed by atoms with Gasteiger partial charge in [-0.15, -0.1) is 0 Å². The van der Waals surface area contributed by atoms with E-state index >= 15 is 0 Å². The largest absolute Gasteiger partial charge is 0.472 e. The van der Waals surface area contributed by atoms with Gasteiger partial charge in [-0.3, -0.25) is 13.8 Å². The Balaban J connectivity index is 4.28. The average Bonchev–Trinajstić information content (AvgIpc) is 3.30. The van der Waals surface area contributed by atoms with Gasteiger partial charge in [0.15, 0.2) is 0 Å². The van der Waals surface area contributed by atoms with Crippen LogP contribution in [0.1, 0.15) is 245 Å². The van der Waals surface area contributed by atoms with Crippen molar-refractivity contribution in [2.75, 3.05) is 40.9 Å². The van der Waals surface area contributed by atoms with Gasteiger partial charge in [-0.05, 0) is 83.5 Å². The van der Waals surface area contributed by atoms with E-state index < -0.39 is 20.0 Å². The normalized spacial score (nSPS) is 14.5. The van der Waals surface area contributed by atoms with Gasteiger partial charge in [0.2, 0.25) is 5.91 Å². The SMILES string of the molecule is CCCCCCC/C=C\C/C=C\C/C=C\CCCCCCCCCCCCCCC(=O)NC(COP(=O)(O)OCC[N+](C)(C)C)C(O)/C=C/CC/C=C/CC/C=C/CCCCCCCCCCC. The zero-order chi connectivity index (χ0) is 49.9. The Morgan fingerprint density at radius 2 is 0.853 bits per heavy atom. The van der Waals surface area contributed by atoms with Gasteiger partial charge in [-0.2, -0.15) is 0 Å². The van der Waals surface area contributed by atoms with E-state index in [1.54, 1.807) is 6.08 Å². The molecule has 9 heteroatoms. The molecule has 0 saturated carbocycles. The van der Waals surface area contributed by atoms with Crippen molar-refractivity contribution >= 4 is 13.7 Å². The van der Waals surface area contributed by atoms with Crippen molar-refractivity contribution < 1.29 is 32.9 Å². The molecule has 0 aromatic heterocycles. The molecule has 0 aromatic carbocycles. The Hall–Kier alpha value is -2.06. The lowest BCUT2D eigenvalue weighted by atomic mass is 10.0. The lowest BCUT2D eigenvalue weighted by Crippen LogP contribution is -2.45. The van der Waals surface area contributed by atoms with E-state index in [2.05, 4.69) is 79.9 Å². The fourth-order valence-corrected chi connectivity index (χ4v) is 8.64. The van der Waals surface area contributed by atoms with E-state index in [1.807, 2.05) is 27.2 Å². The molecule has 0 aromatic rings. The van der Waals surface area contributed by atoms with Crippen LogP contribution in [-0.4, -0.2) is 73.4 Å². The van der Waals surface area contributed by atoms with Crippen molar-refractivity contribution in [3.8, 4) is 0 Å². The van der Waals surface area contributed by atoms with Crippen LogP contribution in [0, 0.1) is 0 Å². The standard InChI is InChI=1S/C59H109N2O6P/c1-6-8-10-12-14-16-18-20-22-24-26-27-28-29-30-31-32-33-35-37-39-41-43-45-47-49-51-53-59(63)60-57(56-67-68(64,65)66-55-54-61(3,4)5)58(62)52-50-48-46-44-42-40-38-36-34-25-23-21-19-17-15-13-11-9-7-2/h18,20,24,26,28-29,34,36,42,44,50,52,57-58,62H,6-17,19,21-23,25,27,30-33,35,37-41,43,45-49,51,53-56H2,1-5H3,(H-,60,63,64,65)/p+1/b20-18-,26-24-,29-28-,36-34+,44-42+,52-50+. The number of phosphoric acid groups is 1. The number of carbonyl (C=O) groups is 1. The number of hydrogen-bond donors (Lipinski definition) is 3. The second kappa shape index (κ2) is 49.9. The maximum Gasteiger partial charge on any atom is 0.472 e. The van der Waals surface area contributed by atoms with Crippen molar-refractivity contribution in [1.82, 2.24) is 5.32 Å². The van der Waals surface area contributed by atoms with Gasteiger partial charge in [0.1, 0.15) is 13.2 Å². The van der Waals surface area contributed by atoms with Crippen molar-refractivity contribution in [3.05, 3.63) is 72.9 Å². The molecular formula is C59H110N2O6P+. The van der Waals surface area contributed by atoms with Crippen molar-refractivity contribution in [3.63, 3.8) is 0 Å². The van der Waals surface area contributed by atoms with Gasteiger partial charge in [0.05, 0.1) is 39.9 Å². The molecule has 68 heavy (non-hydrogen) atoms. The lowest BCUT2D eigenvalue weighted by molar-refractivity contribution is -0.870. The number of aliphatic hydroxyl groups is 1. The molecule has 0 spiro atoms. The minimum absolute atomic E-state index is 0.0507. The molecule has 1 amide bonds. The monoisotopic (exact) mass is 974 g/mol. The highest BCUT2D eigenvalue weighted by atomic mass is 31.2. The topological polar surface area (TPSA) is 105 Å². The van der Waals surface area contributed by atoms with Crippen LogP contribution in [0.25, 0.3) is 0 Å². The Morgan fingerprint density at radius 1 is 0.500 bits per heavy atom. The van der Waals surface area contributed by atoms with E-state index in [0.717, 1.165) is 57.8 Å². The summed E-state index contributed by atoms with van der Waals surface area (Å²) in [6.07, 6.45) is 68.5. The Kier molecular flexibility index (Phi) is 48.4. The summed E-state index contributed by atoms with van der Waals surface area (Å²) in [5.41, 5.74) is 0. The molecule has 0 bridgehead atoms. The zero-order valence-corrected chi connectivity index (χ0v) is 46.0. The van der Waals surface area contributed by atoms with Crippen LogP contribution in [0.3, 0.4) is 0 Å². The Morgan fingerprint density at radius 3 is 1.28 bits per heavy atom. The summed E-state index contributed by atoms with van der Waals surface area (Å²) in [6.45, 7) is 4.78. The van der Waals surface area contributed by atoms with Gasteiger partial charge < -0.3 is 19.8 Å². The third kappa shape index (κ3) is 51.8. The maximum atomic E-state index is 13.0. The molecule has 0 aliphatic heterocycles. The first kappa shape index (κ1) is 65.9. The van der Waals surface area contributed by atoms with Gasteiger partial charge in [-0.25, -0.2) is 4.57 Å². The first-order chi connectivity index (χ1) is 33.0. The molecule has 3 unspecified atom stereocenters. The quantitative estimate of drug-likeness (QED) is 0.0243. The zero-order valence-electron chi connectivity index (χ0n) is 45.1. The van der Waals surface area contributed by atoms with Crippen LogP contribution in [0.2, 0.25) is 0 Å². The number of amides is 1. The molecule has 3 atom stereocenters. The van der Waals surface area contributed by atoms with E-state index in [1.165, 1.54) is 167 Å². The van der Waals surface area contributed by atoms with Crippen LogP contribution in [0.5, 0.6) is 0 Å². The summed E-state index contributed by atoms with van der Waals surface area (Å²) in [7, 11) is 1.54. The van der Waals surface area contributed by atoms with E-state index in [-0.39, 0.29) is 19.1 Å². The maximum absolute atomic E-state index is 13.0. The number of phosphoric ester groups is 1. The van der Waals surface area contributed by atoms with Gasteiger partial charge in [0, 0.05) is 6.42 Å². The number of quaternary nitrogens is 1.